The average Bonchev–Trinajstić information content (AvgIpc) is 3.10. The van der Waals surface area contributed by atoms with Crippen molar-refractivity contribution in [3.05, 3.63) is 90.5 Å². The van der Waals surface area contributed by atoms with E-state index in [0.717, 1.165) is 62.5 Å². The molecule has 1 aliphatic heterocycles. The van der Waals surface area contributed by atoms with E-state index in [2.05, 4.69) is 28.7 Å². The van der Waals surface area contributed by atoms with E-state index in [1.807, 2.05) is 24.5 Å². The molecule has 0 bridgehead atoms. The van der Waals surface area contributed by atoms with Crippen LogP contribution in [0.15, 0.2) is 73.8 Å². The number of methoxy groups -OCH3 is 3. The Labute approximate surface area is 272 Å². The largest absolute Gasteiger partial charge is 0.493 e. The Bertz CT molecular complexity index is 1330. The molecule has 2 aromatic heterocycles. The number of amides is 1. The van der Waals surface area contributed by atoms with Crippen LogP contribution in [0.5, 0.6) is 17.2 Å². The zero-order valence-corrected chi connectivity index (χ0v) is 27.4. The number of benzene rings is 1. The monoisotopic (exact) mass is 629 g/mol. The Morgan fingerprint density at radius 3 is 2.04 bits per heavy atom. The maximum Gasteiger partial charge on any atom is 0.329 e. The lowest BCUT2D eigenvalue weighted by Crippen LogP contribution is -2.50. The SMILES string of the molecule is C=CC[C@H](C(=O)N1CCCC[C@H]1C(=O)OC(CCCc1cccnc1)CCCc1cccnc1)c1cc(OC)c(OC)c(OC)c1. The predicted octanol–water partition coefficient (Wildman–Crippen LogP) is 6.50. The summed E-state index contributed by atoms with van der Waals surface area (Å²) in [5.41, 5.74) is 3.03. The van der Waals surface area contributed by atoms with Crippen LogP contribution in [-0.4, -0.2) is 66.8 Å². The summed E-state index contributed by atoms with van der Waals surface area (Å²) in [4.78, 5) is 38.3. The molecule has 3 aromatic rings. The molecule has 0 N–H and O–H groups in total. The molecule has 0 aliphatic carbocycles. The van der Waals surface area contributed by atoms with Gasteiger partial charge in [-0.2, -0.15) is 0 Å². The predicted molar refractivity (Wildman–Crippen MR) is 177 cm³/mol. The van der Waals surface area contributed by atoms with Crippen LogP contribution in [0.4, 0.5) is 0 Å². The highest BCUT2D eigenvalue weighted by molar-refractivity contribution is 5.89. The van der Waals surface area contributed by atoms with E-state index in [-0.39, 0.29) is 18.0 Å². The van der Waals surface area contributed by atoms with Crippen molar-refractivity contribution >= 4 is 11.9 Å². The number of rotatable bonds is 17. The van der Waals surface area contributed by atoms with E-state index < -0.39 is 12.0 Å². The second-order valence-corrected chi connectivity index (χ2v) is 11.6. The third-order valence-electron chi connectivity index (χ3n) is 8.56. The molecule has 9 nitrogen and oxygen atoms in total. The molecule has 1 amide bonds. The van der Waals surface area contributed by atoms with Gasteiger partial charge in [0.1, 0.15) is 12.1 Å². The van der Waals surface area contributed by atoms with Crippen LogP contribution >= 0.6 is 0 Å². The second-order valence-electron chi connectivity index (χ2n) is 11.6. The van der Waals surface area contributed by atoms with Gasteiger partial charge in [0.25, 0.3) is 0 Å². The van der Waals surface area contributed by atoms with E-state index in [1.165, 1.54) is 0 Å². The zero-order chi connectivity index (χ0) is 32.7. The van der Waals surface area contributed by atoms with E-state index in [4.69, 9.17) is 18.9 Å². The number of piperidine rings is 1. The summed E-state index contributed by atoms with van der Waals surface area (Å²) >= 11 is 0. The fraction of sp³-hybridized carbons (Fsp3) is 0.459. The molecule has 0 spiro atoms. The first-order valence-corrected chi connectivity index (χ1v) is 16.2. The maximum atomic E-state index is 14.2. The highest BCUT2D eigenvalue weighted by atomic mass is 16.5. The highest BCUT2D eigenvalue weighted by Crippen LogP contribution is 2.41. The smallest absolute Gasteiger partial charge is 0.329 e. The lowest BCUT2D eigenvalue weighted by molar-refractivity contribution is -0.162. The van der Waals surface area contributed by atoms with E-state index in [0.29, 0.717) is 42.2 Å². The zero-order valence-electron chi connectivity index (χ0n) is 27.4. The average molecular weight is 630 g/mol. The summed E-state index contributed by atoms with van der Waals surface area (Å²) < 4.78 is 22.9. The van der Waals surface area contributed by atoms with Gasteiger partial charge in [0.15, 0.2) is 11.5 Å². The van der Waals surface area contributed by atoms with Crippen LogP contribution < -0.4 is 14.2 Å². The van der Waals surface area contributed by atoms with E-state index in [1.54, 1.807) is 56.8 Å². The van der Waals surface area contributed by atoms with Crippen molar-refractivity contribution in [2.75, 3.05) is 27.9 Å². The molecular weight excluding hydrogens is 582 g/mol. The highest BCUT2D eigenvalue weighted by Gasteiger charge is 2.38. The van der Waals surface area contributed by atoms with Crippen molar-refractivity contribution in [3.8, 4) is 17.2 Å². The minimum absolute atomic E-state index is 0.138. The van der Waals surface area contributed by atoms with Gasteiger partial charge in [-0.05, 0) is 105 Å². The Kier molecular flexibility index (Phi) is 13.4. The number of likely N-dealkylation sites (tertiary alicyclic amines) is 1. The summed E-state index contributed by atoms with van der Waals surface area (Å²) in [6.07, 6.45) is 16.3. The number of aryl methyl sites for hydroxylation is 2. The van der Waals surface area contributed by atoms with Crippen LogP contribution in [0.2, 0.25) is 0 Å². The van der Waals surface area contributed by atoms with Gasteiger partial charge in [-0.15, -0.1) is 6.58 Å². The van der Waals surface area contributed by atoms with Gasteiger partial charge in [-0.3, -0.25) is 14.8 Å². The quantitative estimate of drug-likeness (QED) is 0.123. The number of nitrogens with zero attached hydrogens (tertiary/aromatic N) is 3. The van der Waals surface area contributed by atoms with Crippen LogP contribution in [-0.2, 0) is 27.2 Å². The summed E-state index contributed by atoms with van der Waals surface area (Å²) in [5.74, 6) is 0.344. The third-order valence-corrected chi connectivity index (χ3v) is 8.56. The summed E-state index contributed by atoms with van der Waals surface area (Å²) in [6, 6.07) is 11.0. The lowest BCUT2D eigenvalue weighted by atomic mass is 9.91. The Hall–Kier alpha value is -4.40. The molecule has 4 rings (SSSR count). The van der Waals surface area contributed by atoms with Crippen molar-refractivity contribution in [2.24, 2.45) is 0 Å². The molecule has 0 unspecified atom stereocenters. The van der Waals surface area contributed by atoms with Crippen molar-refractivity contribution < 1.29 is 28.5 Å². The van der Waals surface area contributed by atoms with Gasteiger partial charge >= 0.3 is 5.97 Å². The summed E-state index contributed by atoms with van der Waals surface area (Å²) in [6.45, 7) is 4.40. The molecular formula is C37H47N3O6. The number of hydrogen-bond acceptors (Lipinski definition) is 8. The first kappa shape index (κ1) is 34.5. The lowest BCUT2D eigenvalue weighted by Gasteiger charge is -2.37. The van der Waals surface area contributed by atoms with Gasteiger partial charge in [0.2, 0.25) is 11.7 Å². The van der Waals surface area contributed by atoms with Gasteiger partial charge in [-0.1, -0.05) is 18.2 Å². The van der Waals surface area contributed by atoms with Crippen LogP contribution in [0, 0.1) is 0 Å². The molecule has 9 heteroatoms. The fourth-order valence-electron chi connectivity index (χ4n) is 6.15. The molecule has 246 valence electrons. The van der Waals surface area contributed by atoms with Crippen LogP contribution in [0.1, 0.15) is 74.0 Å². The molecule has 1 aromatic carbocycles. The third kappa shape index (κ3) is 9.31. The maximum absolute atomic E-state index is 14.2. The second kappa shape index (κ2) is 17.9. The first-order valence-electron chi connectivity index (χ1n) is 16.2. The molecule has 0 saturated carbocycles. The number of aromatic nitrogens is 2. The Morgan fingerprint density at radius 1 is 0.935 bits per heavy atom. The molecule has 1 aliphatic rings. The molecule has 1 saturated heterocycles. The minimum Gasteiger partial charge on any atom is -0.493 e. The Balaban J connectivity index is 1.50. The number of allylic oxidation sites excluding steroid dienone is 1. The fourth-order valence-corrected chi connectivity index (χ4v) is 6.15. The van der Waals surface area contributed by atoms with Crippen molar-refractivity contribution in [1.29, 1.82) is 0 Å². The standard InChI is InChI=1S/C37H47N3O6/c1-5-12-31(29-23-33(43-2)35(45-4)34(24-29)44-3)36(41)40-22-7-6-19-32(40)37(42)46-30(17-8-13-27-15-10-20-38-25-27)18-9-14-28-16-11-21-39-26-28/h5,10-11,15-16,20-21,23-26,30-32H,1,6-9,12-14,17-19,22H2,2-4H3/t31-,32-/m0/s1. The van der Waals surface area contributed by atoms with Crippen LogP contribution in [0.3, 0.4) is 0 Å². The Morgan fingerprint density at radius 2 is 1.54 bits per heavy atom. The van der Waals surface area contributed by atoms with E-state index >= 15 is 0 Å². The van der Waals surface area contributed by atoms with Crippen molar-refractivity contribution in [2.45, 2.75) is 82.3 Å². The normalized spacial score (nSPS) is 15.2. The number of hydrogen-bond donors (Lipinski definition) is 0. The molecule has 3 heterocycles. The van der Waals surface area contributed by atoms with Gasteiger partial charge in [-0.25, -0.2) is 4.79 Å². The number of esters is 1. The minimum atomic E-state index is -0.644. The van der Waals surface area contributed by atoms with E-state index in [9.17, 15) is 9.59 Å². The summed E-state index contributed by atoms with van der Waals surface area (Å²) in [5, 5.41) is 0. The molecule has 0 radical (unpaired) electrons. The topological polar surface area (TPSA) is 100 Å². The van der Waals surface area contributed by atoms with Gasteiger partial charge in [0.05, 0.1) is 27.2 Å². The number of carbonyl (C=O) groups excluding carboxylic acids is 2. The van der Waals surface area contributed by atoms with Gasteiger partial charge < -0.3 is 23.8 Å². The number of carbonyl (C=O) groups is 2. The van der Waals surface area contributed by atoms with Gasteiger partial charge in [0, 0.05) is 31.3 Å². The van der Waals surface area contributed by atoms with Crippen molar-refractivity contribution in [1.82, 2.24) is 14.9 Å². The molecule has 1 fully saturated rings. The molecule has 46 heavy (non-hydrogen) atoms. The number of ether oxygens (including phenoxy) is 4. The number of pyridine rings is 2. The summed E-state index contributed by atoms with van der Waals surface area (Å²) in [7, 11) is 4.64. The van der Waals surface area contributed by atoms with Crippen LogP contribution in [0.25, 0.3) is 0 Å². The van der Waals surface area contributed by atoms with Crippen molar-refractivity contribution in [3.63, 3.8) is 0 Å². The first-order chi connectivity index (χ1) is 22.5. The molecule has 2 atom stereocenters.